The van der Waals surface area contributed by atoms with Crippen LogP contribution in [0.25, 0.3) is 0 Å². The molecule has 1 aromatic carbocycles. The van der Waals surface area contributed by atoms with Gasteiger partial charge < -0.3 is 10.1 Å². The van der Waals surface area contributed by atoms with E-state index in [-0.39, 0.29) is 11.5 Å². The summed E-state index contributed by atoms with van der Waals surface area (Å²) in [5, 5.41) is 9.11. The molecule has 3 N–H and O–H groups in total. The number of aliphatic hydroxyl groups is 1. The second-order valence-electron chi connectivity index (χ2n) is 6.39. The van der Waals surface area contributed by atoms with Crippen LogP contribution in [0.1, 0.15) is 41.8 Å². The van der Waals surface area contributed by atoms with Gasteiger partial charge in [0.1, 0.15) is 0 Å². The zero-order chi connectivity index (χ0) is 17.2. The molecule has 1 aliphatic carbocycles. The van der Waals surface area contributed by atoms with Crippen molar-refractivity contribution >= 4 is 15.7 Å². The zero-order valence-electron chi connectivity index (χ0n) is 13.9. The second kappa shape index (κ2) is 6.99. The van der Waals surface area contributed by atoms with Crippen molar-refractivity contribution in [3.8, 4) is 0 Å². The second-order valence-corrected chi connectivity index (χ2v) is 8.07. The van der Waals surface area contributed by atoms with Crippen molar-refractivity contribution in [1.82, 2.24) is 4.98 Å². The number of rotatable bonds is 6. The van der Waals surface area contributed by atoms with Gasteiger partial charge in [-0.15, -0.1) is 0 Å². The van der Waals surface area contributed by atoms with Crippen molar-refractivity contribution < 1.29 is 13.5 Å². The summed E-state index contributed by atoms with van der Waals surface area (Å²) in [6, 6.07) is 6.86. The molecule has 0 unspecified atom stereocenters. The molecule has 0 amide bonds. The molecular weight excluding hydrogens is 324 g/mol. The van der Waals surface area contributed by atoms with Crippen LogP contribution in [0.2, 0.25) is 0 Å². The minimum absolute atomic E-state index is 0.0911. The Morgan fingerprint density at radius 3 is 2.58 bits per heavy atom. The fourth-order valence-corrected chi connectivity index (χ4v) is 4.35. The Balaban J connectivity index is 1.95. The van der Waals surface area contributed by atoms with Crippen LogP contribution < -0.4 is 4.72 Å². The van der Waals surface area contributed by atoms with Gasteiger partial charge in [-0.2, -0.15) is 0 Å². The van der Waals surface area contributed by atoms with Gasteiger partial charge in [-0.3, -0.25) is 4.72 Å². The largest absolute Gasteiger partial charge is 0.396 e. The van der Waals surface area contributed by atoms with E-state index in [1.807, 2.05) is 6.92 Å². The standard InChI is InChI=1S/C18H24N2O3S/c1-13-8-10-14(11-9-13)24(22,23)20-18-15-5-2-3-6-16(15)19-17(18)7-4-12-21/h8-11,19-21H,2-7,12H2,1H3. The van der Waals surface area contributed by atoms with Crippen molar-refractivity contribution in [3.05, 3.63) is 46.8 Å². The monoisotopic (exact) mass is 348 g/mol. The molecule has 0 saturated heterocycles. The molecule has 0 spiro atoms. The molecule has 0 bridgehead atoms. The number of benzene rings is 1. The lowest BCUT2D eigenvalue weighted by Gasteiger charge is -2.15. The molecule has 0 aliphatic heterocycles. The summed E-state index contributed by atoms with van der Waals surface area (Å²) in [7, 11) is -3.61. The third kappa shape index (κ3) is 3.49. The van der Waals surface area contributed by atoms with Gasteiger partial charge in [0, 0.05) is 18.0 Å². The molecule has 0 atom stereocenters. The Hall–Kier alpha value is -1.79. The van der Waals surface area contributed by atoms with E-state index in [2.05, 4.69) is 9.71 Å². The van der Waals surface area contributed by atoms with E-state index in [0.29, 0.717) is 18.5 Å². The van der Waals surface area contributed by atoms with E-state index in [9.17, 15) is 8.42 Å². The Kier molecular flexibility index (Phi) is 4.96. The molecule has 0 radical (unpaired) electrons. The maximum absolute atomic E-state index is 12.7. The predicted octanol–water partition coefficient (Wildman–Crippen LogP) is 2.93. The van der Waals surface area contributed by atoms with Crippen LogP contribution in [-0.2, 0) is 29.3 Å². The minimum atomic E-state index is -3.61. The number of aryl methyl sites for hydroxylation is 3. The lowest BCUT2D eigenvalue weighted by atomic mass is 9.97. The topological polar surface area (TPSA) is 82.2 Å². The summed E-state index contributed by atoms with van der Waals surface area (Å²) in [4.78, 5) is 3.65. The molecule has 5 nitrogen and oxygen atoms in total. The molecular formula is C18H24N2O3S. The summed E-state index contributed by atoms with van der Waals surface area (Å²) >= 11 is 0. The summed E-state index contributed by atoms with van der Waals surface area (Å²) in [6.07, 6.45) is 5.28. The van der Waals surface area contributed by atoms with Crippen LogP contribution in [-0.4, -0.2) is 25.1 Å². The van der Waals surface area contributed by atoms with E-state index in [1.54, 1.807) is 24.3 Å². The molecule has 3 rings (SSSR count). The first-order valence-electron chi connectivity index (χ1n) is 8.44. The van der Waals surface area contributed by atoms with Crippen LogP contribution in [0.5, 0.6) is 0 Å². The summed E-state index contributed by atoms with van der Waals surface area (Å²) < 4.78 is 28.3. The maximum atomic E-state index is 12.7. The smallest absolute Gasteiger partial charge is 0.261 e. The average Bonchev–Trinajstić information content (AvgIpc) is 2.90. The maximum Gasteiger partial charge on any atom is 0.261 e. The Labute approximate surface area is 143 Å². The number of hydrogen-bond donors (Lipinski definition) is 3. The van der Waals surface area contributed by atoms with Crippen molar-refractivity contribution in [2.75, 3.05) is 11.3 Å². The van der Waals surface area contributed by atoms with Crippen molar-refractivity contribution in [2.45, 2.75) is 50.3 Å². The van der Waals surface area contributed by atoms with Gasteiger partial charge in [-0.25, -0.2) is 8.42 Å². The first-order valence-corrected chi connectivity index (χ1v) is 9.92. The van der Waals surface area contributed by atoms with E-state index in [1.165, 1.54) is 0 Å². The van der Waals surface area contributed by atoms with Gasteiger partial charge in [0.05, 0.1) is 10.6 Å². The molecule has 24 heavy (non-hydrogen) atoms. The van der Waals surface area contributed by atoms with Crippen LogP contribution >= 0.6 is 0 Å². The first kappa shape index (κ1) is 17.0. The van der Waals surface area contributed by atoms with Crippen molar-refractivity contribution in [2.24, 2.45) is 0 Å². The highest BCUT2D eigenvalue weighted by atomic mass is 32.2. The number of H-pyrrole nitrogens is 1. The third-order valence-electron chi connectivity index (χ3n) is 4.53. The van der Waals surface area contributed by atoms with Gasteiger partial charge in [-0.05, 0) is 63.1 Å². The molecule has 2 aromatic rings. The van der Waals surface area contributed by atoms with Crippen molar-refractivity contribution in [3.63, 3.8) is 0 Å². The highest BCUT2D eigenvalue weighted by molar-refractivity contribution is 7.92. The molecule has 0 fully saturated rings. The number of anilines is 1. The first-order chi connectivity index (χ1) is 11.5. The SMILES string of the molecule is Cc1ccc(S(=O)(=O)Nc2c(CCCO)[nH]c3c2CCCC3)cc1. The van der Waals surface area contributed by atoms with Gasteiger partial charge >= 0.3 is 0 Å². The van der Waals surface area contributed by atoms with E-state index in [0.717, 1.165) is 48.2 Å². The molecule has 1 heterocycles. The molecule has 130 valence electrons. The number of aromatic nitrogens is 1. The van der Waals surface area contributed by atoms with Crippen LogP contribution in [0.3, 0.4) is 0 Å². The summed E-state index contributed by atoms with van der Waals surface area (Å²) in [5.74, 6) is 0. The molecule has 6 heteroatoms. The quantitative estimate of drug-likeness (QED) is 0.751. The number of aromatic amines is 1. The lowest BCUT2D eigenvalue weighted by molar-refractivity contribution is 0.288. The molecule has 1 aromatic heterocycles. The summed E-state index contributed by atoms with van der Waals surface area (Å²) in [6.45, 7) is 2.02. The molecule has 0 saturated carbocycles. The van der Waals surface area contributed by atoms with E-state index < -0.39 is 10.0 Å². The molecule has 1 aliphatic rings. The third-order valence-corrected chi connectivity index (χ3v) is 5.89. The zero-order valence-corrected chi connectivity index (χ0v) is 14.7. The van der Waals surface area contributed by atoms with Crippen LogP contribution in [0, 0.1) is 6.92 Å². The van der Waals surface area contributed by atoms with E-state index >= 15 is 0 Å². The fraction of sp³-hybridized carbons (Fsp3) is 0.444. The van der Waals surface area contributed by atoms with Gasteiger partial charge in [0.25, 0.3) is 10.0 Å². The fourth-order valence-electron chi connectivity index (χ4n) is 3.22. The van der Waals surface area contributed by atoms with Crippen LogP contribution in [0.15, 0.2) is 29.2 Å². The average molecular weight is 348 g/mol. The highest BCUT2D eigenvalue weighted by Crippen LogP contribution is 2.33. The van der Waals surface area contributed by atoms with Crippen molar-refractivity contribution in [1.29, 1.82) is 0 Å². The normalized spacial score (nSPS) is 14.4. The number of aliphatic hydroxyl groups excluding tert-OH is 1. The lowest BCUT2D eigenvalue weighted by Crippen LogP contribution is -2.15. The van der Waals surface area contributed by atoms with Gasteiger partial charge in [-0.1, -0.05) is 17.7 Å². The van der Waals surface area contributed by atoms with Gasteiger partial charge in [0.2, 0.25) is 0 Å². The Morgan fingerprint density at radius 2 is 1.88 bits per heavy atom. The Bertz CT molecular complexity index is 808. The predicted molar refractivity (Wildman–Crippen MR) is 94.8 cm³/mol. The van der Waals surface area contributed by atoms with E-state index in [4.69, 9.17) is 5.11 Å². The highest BCUT2D eigenvalue weighted by Gasteiger charge is 2.24. The number of hydrogen-bond acceptors (Lipinski definition) is 3. The number of sulfonamides is 1. The minimum Gasteiger partial charge on any atom is -0.396 e. The number of fused-ring (bicyclic) bond motifs is 1. The number of nitrogens with one attached hydrogen (secondary N) is 2. The summed E-state index contributed by atoms with van der Waals surface area (Å²) in [5.41, 5.74) is 4.82. The Morgan fingerprint density at radius 1 is 1.17 bits per heavy atom. The van der Waals surface area contributed by atoms with Gasteiger partial charge in [0.15, 0.2) is 0 Å². The van der Waals surface area contributed by atoms with Crippen LogP contribution in [0.4, 0.5) is 5.69 Å².